The van der Waals surface area contributed by atoms with Crippen molar-refractivity contribution in [3.63, 3.8) is 0 Å². The van der Waals surface area contributed by atoms with E-state index in [9.17, 15) is 4.79 Å². The lowest BCUT2D eigenvalue weighted by Gasteiger charge is -2.35. The van der Waals surface area contributed by atoms with E-state index in [1.807, 2.05) is 4.57 Å². The Hall–Kier alpha value is -1.04. The van der Waals surface area contributed by atoms with Gasteiger partial charge in [-0.3, -0.25) is 4.79 Å². The van der Waals surface area contributed by atoms with Gasteiger partial charge in [-0.25, -0.2) is 0 Å². The van der Waals surface area contributed by atoms with Gasteiger partial charge in [-0.15, -0.1) is 10.2 Å². The standard InChI is InChI=1S/C14H24N4OS/c1-4-12-7-5-6-8-17(12)13(19)9-20-14-16-15-10-18(14)11(2)3/h10-12H,4-9H2,1-3H3. The highest BCUT2D eigenvalue weighted by Crippen LogP contribution is 2.23. The van der Waals surface area contributed by atoms with Gasteiger partial charge in [-0.05, 0) is 39.5 Å². The zero-order valence-electron chi connectivity index (χ0n) is 12.6. The molecular formula is C14H24N4OS. The van der Waals surface area contributed by atoms with Gasteiger partial charge >= 0.3 is 0 Å². The number of carbonyl (C=O) groups is 1. The van der Waals surface area contributed by atoms with Crippen molar-refractivity contribution < 1.29 is 4.79 Å². The molecule has 2 heterocycles. The van der Waals surface area contributed by atoms with Crippen molar-refractivity contribution in [2.75, 3.05) is 12.3 Å². The van der Waals surface area contributed by atoms with E-state index in [0.717, 1.165) is 31.0 Å². The summed E-state index contributed by atoms with van der Waals surface area (Å²) in [6, 6.07) is 0.751. The minimum absolute atomic E-state index is 0.236. The molecule has 1 aliphatic heterocycles. The summed E-state index contributed by atoms with van der Waals surface area (Å²) in [4.78, 5) is 14.5. The van der Waals surface area contributed by atoms with Gasteiger partial charge in [0.1, 0.15) is 6.33 Å². The van der Waals surface area contributed by atoms with Crippen molar-refractivity contribution in [3.05, 3.63) is 6.33 Å². The highest BCUT2D eigenvalue weighted by atomic mass is 32.2. The molecule has 20 heavy (non-hydrogen) atoms. The molecule has 1 unspecified atom stereocenters. The Bertz CT molecular complexity index is 446. The fraction of sp³-hybridized carbons (Fsp3) is 0.786. The van der Waals surface area contributed by atoms with Gasteiger partial charge in [-0.2, -0.15) is 0 Å². The first-order chi connectivity index (χ1) is 9.63. The summed E-state index contributed by atoms with van der Waals surface area (Å²) in [5, 5.41) is 8.86. The van der Waals surface area contributed by atoms with Crippen LogP contribution in [0, 0.1) is 0 Å². The molecule has 0 aromatic carbocycles. The van der Waals surface area contributed by atoms with Crippen LogP contribution in [0.3, 0.4) is 0 Å². The molecule has 0 saturated carbocycles. The molecule has 0 aliphatic carbocycles. The zero-order chi connectivity index (χ0) is 14.5. The highest BCUT2D eigenvalue weighted by molar-refractivity contribution is 7.99. The summed E-state index contributed by atoms with van der Waals surface area (Å²) in [6.07, 6.45) is 6.31. The molecular weight excluding hydrogens is 272 g/mol. The molecule has 0 radical (unpaired) electrons. The van der Waals surface area contributed by atoms with Crippen LogP contribution in [-0.4, -0.2) is 43.9 Å². The van der Waals surface area contributed by atoms with Crippen LogP contribution in [0.15, 0.2) is 11.5 Å². The lowest BCUT2D eigenvalue weighted by Crippen LogP contribution is -2.44. The third-order valence-electron chi connectivity index (χ3n) is 3.84. The molecule has 112 valence electrons. The largest absolute Gasteiger partial charge is 0.339 e. The summed E-state index contributed by atoms with van der Waals surface area (Å²) < 4.78 is 2.01. The van der Waals surface area contributed by atoms with Crippen LogP contribution in [0.1, 0.15) is 52.5 Å². The smallest absolute Gasteiger partial charge is 0.233 e. The van der Waals surface area contributed by atoms with Gasteiger partial charge in [0.05, 0.1) is 5.75 Å². The summed E-state index contributed by atoms with van der Waals surface area (Å²) in [5.41, 5.74) is 0. The lowest BCUT2D eigenvalue weighted by atomic mass is 10.0. The van der Waals surface area contributed by atoms with Crippen molar-refractivity contribution in [2.45, 2.75) is 63.7 Å². The van der Waals surface area contributed by atoms with Crippen molar-refractivity contribution >= 4 is 17.7 Å². The molecule has 1 aromatic heterocycles. The van der Waals surface area contributed by atoms with Crippen LogP contribution in [0.5, 0.6) is 0 Å². The average Bonchev–Trinajstić information content (AvgIpc) is 2.93. The van der Waals surface area contributed by atoms with Gasteiger partial charge in [-0.1, -0.05) is 18.7 Å². The molecule has 5 nitrogen and oxygen atoms in total. The fourth-order valence-corrected chi connectivity index (χ4v) is 3.58. The minimum atomic E-state index is 0.236. The SMILES string of the molecule is CCC1CCCCN1C(=O)CSc1nncn1C(C)C. The van der Waals surface area contributed by atoms with E-state index in [1.54, 1.807) is 6.33 Å². The number of hydrogen-bond acceptors (Lipinski definition) is 4. The number of rotatable bonds is 5. The fourth-order valence-electron chi connectivity index (χ4n) is 2.65. The zero-order valence-corrected chi connectivity index (χ0v) is 13.4. The van der Waals surface area contributed by atoms with E-state index in [0.29, 0.717) is 17.8 Å². The second-order valence-electron chi connectivity index (χ2n) is 5.55. The normalized spacial score (nSPS) is 19.6. The minimum Gasteiger partial charge on any atom is -0.339 e. The van der Waals surface area contributed by atoms with Crippen LogP contribution in [-0.2, 0) is 4.79 Å². The quantitative estimate of drug-likeness (QED) is 0.784. The van der Waals surface area contributed by atoms with E-state index in [2.05, 4.69) is 35.9 Å². The molecule has 0 bridgehead atoms. The van der Waals surface area contributed by atoms with E-state index in [1.165, 1.54) is 18.2 Å². The number of piperidine rings is 1. The topological polar surface area (TPSA) is 51.0 Å². The molecule has 1 aromatic rings. The predicted octanol–water partition coefficient (Wildman–Crippen LogP) is 2.74. The molecule has 6 heteroatoms. The third-order valence-corrected chi connectivity index (χ3v) is 4.78. The maximum absolute atomic E-state index is 12.4. The highest BCUT2D eigenvalue weighted by Gasteiger charge is 2.25. The van der Waals surface area contributed by atoms with E-state index >= 15 is 0 Å². The Morgan fingerprint density at radius 1 is 1.50 bits per heavy atom. The molecule has 1 aliphatic rings. The maximum Gasteiger partial charge on any atom is 0.233 e. The third kappa shape index (κ3) is 3.53. The summed E-state index contributed by atoms with van der Waals surface area (Å²) in [5.74, 6) is 0.696. The average molecular weight is 296 g/mol. The van der Waals surface area contributed by atoms with Crippen LogP contribution in [0.2, 0.25) is 0 Å². The molecule has 0 N–H and O–H groups in total. The van der Waals surface area contributed by atoms with Crippen molar-refractivity contribution in [1.82, 2.24) is 19.7 Å². The van der Waals surface area contributed by atoms with Crippen molar-refractivity contribution in [2.24, 2.45) is 0 Å². The second-order valence-corrected chi connectivity index (χ2v) is 6.49. The van der Waals surface area contributed by atoms with Gasteiger partial charge in [0.15, 0.2) is 5.16 Å². The number of carbonyl (C=O) groups excluding carboxylic acids is 1. The van der Waals surface area contributed by atoms with Crippen LogP contribution in [0.4, 0.5) is 0 Å². The Kier molecular flexibility index (Phi) is 5.46. The summed E-state index contributed by atoms with van der Waals surface area (Å²) >= 11 is 1.49. The molecule has 1 amide bonds. The number of amides is 1. The van der Waals surface area contributed by atoms with Crippen LogP contribution in [0.25, 0.3) is 0 Å². The first-order valence-electron chi connectivity index (χ1n) is 7.45. The first-order valence-corrected chi connectivity index (χ1v) is 8.43. The van der Waals surface area contributed by atoms with Gasteiger partial charge in [0, 0.05) is 18.6 Å². The van der Waals surface area contributed by atoms with Gasteiger partial charge < -0.3 is 9.47 Å². The lowest BCUT2D eigenvalue weighted by molar-refractivity contribution is -0.132. The summed E-state index contributed by atoms with van der Waals surface area (Å²) in [6.45, 7) is 7.26. The number of aromatic nitrogens is 3. The van der Waals surface area contributed by atoms with Crippen LogP contribution < -0.4 is 0 Å². The Balaban J connectivity index is 1.92. The monoisotopic (exact) mass is 296 g/mol. The molecule has 1 saturated heterocycles. The summed E-state index contributed by atoms with van der Waals surface area (Å²) in [7, 11) is 0. The number of hydrogen-bond donors (Lipinski definition) is 0. The second kappa shape index (κ2) is 7.11. The number of nitrogens with zero attached hydrogens (tertiary/aromatic N) is 4. The molecule has 1 atom stereocenters. The van der Waals surface area contributed by atoms with E-state index in [-0.39, 0.29) is 5.91 Å². The maximum atomic E-state index is 12.4. The van der Waals surface area contributed by atoms with E-state index < -0.39 is 0 Å². The Morgan fingerprint density at radius 3 is 3.00 bits per heavy atom. The van der Waals surface area contributed by atoms with Crippen LogP contribution >= 0.6 is 11.8 Å². The van der Waals surface area contributed by atoms with Crippen molar-refractivity contribution in [1.29, 1.82) is 0 Å². The van der Waals surface area contributed by atoms with Crippen molar-refractivity contribution in [3.8, 4) is 0 Å². The van der Waals surface area contributed by atoms with Gasteiger partial charge in [0.2, 0.25) is 5.91 Å². The molecule has 1 fully saturated rings. The molecule has 2 rings (SSSR count). The van der Waals surface area contributed by atoms with Gasteiger partial charge in [0.25, 0.3) is 0 Å². The number of likely N-dealkylation sites (tertiary alicyclic amines) is 1. The Morgan fingerprint density at radius 2 is 2.30 bits per heavy atom. The molecule has 0 spiro atoms. The first kappa shape index (κ1) is 15.4. The number of thioether (sulfide) groups is 1. The van der Waals surface area contributed by atoms with E-state index in [4.69, 9.17) is 0 Å². The Labute approximate surface area is 125 Å². The predicted molar refractivity (Wildman–Crippen MR) is 80.8 cm³/mol.